The van der Waals surface area contributed by atoms with Gasteiger partial charge in [0.05, 0.1) is 25.7 Å². The van der Waals surface area contributed by atoms with Crippen LogP contribution < -0.4 is 0 Å². The van der Waals surface area contributed by atoms with E-state index in [2.05, 4.69) is 35.9 Å². The average molecular weight is 336 g/mol. The Morgan fingerprint density at radius 3 is 2.62 bits per heavy atom. The van der Waals surface area contributed by atoms with Gasteiger partial charge in [-0.15, -0.1) is 10.2 Å². The van der Waals surface area contributed by atoms with Crippen LogP contribution >= 0.6 is 0 Å². The maximum absolute atomic E-state index is 12.7. The standard InChI is InChI=1S/C17H28N4O3/c1-17(2,3)16-19-18-14(24-16)12-20-6-4-5-13(11-20)15(22)21-7-9-23-10-8-21/h13H,4-12H2,1-3H3/t13-/m1/s1. The number of nitrogens with zero attached hydrogens (tertiary/aromatic N) is 4. The molecule has 2 fully saturated rings. The van der Waals surface area contributed by atoms with Crippen LogP contribution in [0.5, 0.6) is 0 Å². The number of hydrogen-bond donors (Lipinski definition) is 0. The highest BCUT2D eigenvalue weighted by Crippen LogP contribution is 2.23. The van der Waals surface area contributed by atoms with Gasteiger partial charge in [-0.05, 0) is 19.4 Å². The minimum absolute atomic E-state index is 0.0712. The summed E-state index contributed by atoms with van der Waals surface area (Å²) < 4.78 is 11.1. The van der Waals surface area contributed by atoms with E-state index in [0.717, 1.165) is 25.9 Å². The van der Waals surface area contributed by atoms with Crippen LogP contribution in [0.4, 0.5) is 0 Å². The summed E-state index contributed by atoms with van der Waals surface area (Å²) in [6, 6.07) is 0. The summed E-state index contributed by atoms with van der Waals surface area (Å²) in [6.07, 6.45) is 1.99. The Morgan fingerprint density at radius 2 is 1.96 bits per heavy atom. The molecule has 1 aromatic rings. The monoisotopic (exact) mass is 336 g/mol. The molecule has 2 saturated heterocycles. The Kier molecular flexibility index (Phi) is 5.20. The summed E-state index contributed by atoms with van der Waals surface area (Å²) in [5.41, 5.74) is -0.137. The van der Waals surface area contributed by atoms with Crippen LogP contribution in [0.15, 0.2) is 4.42 Å². The smallest absolute Gasteiger partial charge is 0.230 e. The molecule has 3 rings (SSSR count). The van der Waals surface area contributed by atoms with Gasteiger partial charge in [-0.3, -0.25) is 9.69 Å². The van der Waals surface area contributed by atoms with E-state index in [1.165, 1.54) is 0 Å². The minimum Gasteiger partial charge on any atom is -0.423 e. The second kappa shape index (κ2) is 7.19. The van der Waals surface area contributed by atoms with Gasteiger partial charge < -0.3 is 14.1 Å². The third kappa shape index (κ3) is 4.13. The summed E-state index contributed by atoms with van der Waals surface area (Å²) in [5, 5.41) is 8.31. The summed E-state index contributed by atoms with van der Waals surface area (Å²) in [7, 11) is 0. The molecule has 0 spiro atoms. The number of rotatable bonds is 3. The van der Waals surface area contributed by atoms with E-state index in [1.54, 1.807) is 0 Å². The minimum atomic E-state index is -0.137. The fourth-order valence-electron chi connectivity index (χ4n) is 3.25. The molecule has 24 heavy (non-hydrogen) atoms. The topological polar surface area (TPSA) is 71.7 Å². The Labute approximate surface area is 143 Å². The number of carbonyl (C=O) groups is 1. The molecule has 7 nitrogen and oxygen atoms in total. The summed E-state index contributed by atoms with van der Waals surface area (Å²) in [6.45, 7) is 11.3. The van der Waals surface area contributed by atoms with Crippen LogP contribution in [0.1, 0.15) is 45.4 Å². The molecule has 2 aliphatic rings. The van der Waals surface area contributed by atoms with Crippen molar-refractivity contribution in [2.75, 3.05) is 39.4 Å². The van der Waals surface area contributed by atoms with E-state index in [-0.39, 0.29) is 17.2 Å². The van der Waals surface area contributed by atoms with Crippen molar-refractivity contribution in [1.29, 1.82) is 0 Å². The Morgan fingerprint density at radius 1 is 1.21 bits per heavy atom. The lowest BCUT2D eigenvalue weighted by Gasteiger charge is -2.35. The van der Waals surface area contributed by atoms with E-state index in [1.807, 2.05) is 4.90 Å². The van der Waals surface area contributed by atoms with Crippen molar-refractivity contribution in [3.8, 4) is 0 Å². The predicted octanol–water partition coefficient (Wildman–Crippen LogP) is 1.44. The van der Waals surface area contributed by atoms with Crippen molar-refractivity contribution >= 4 is 5.91 Å². The van der Waals surface area contributed by atoms with Crippen molar-refractivity contribution < 1.29 is 13.9 Å². The van der Waals surface area contributed by atoms with Crippen LogP contribution in [0.2, 0.25) is 0 Å². The predicted molar refractivity (Wildman–Crippen MR) is 88.4 cm³/mol. The van der Waals surface area contributed by atoms with Gasteiger partial charge in [0, 0.05) is 25.0 Å². The number of carbonyl (C=O) groups excluding carboxylic acids is 1. The van der Waals surface area contributed by atoms with Crippen LogP contribution in [0, 0.1) is 5.92 Å². The van der Waals surface area contributed by atoms with Gasteiger partial charge in [0.25, 0.3) is 0 Å². The molecule has 0 saturated carbocycles. The maximum Gasteiger partial charge on any atom is 0.230 e. The molecule has 0 aliphatic carbocycles. The molecule has 0 aromatic carbocycles. The van der Waals surface area contributed by atoms with Gasteiger partial charge in [0.15, 0.2) is 0 Å². The van der Waals surface area contributed by atoms with Crippen molar-refractivity contribution in [2.45, 2.75) is 45.6 Å². The molecule has 0 N–H and O–H groups in total. The van der Waals surface area contributed by atoms with Crippen LogP contribution in [0.3, 0.4) is 0 Å². The lowest BCUT2D eigenvalue weighted by atomic mass is 9.96. The molecule has 7 heteroatoms. The summed E-state index contributed by atoms with van der Waals surface area (Å²) in [5.74, 6) is 1.64. The van der Waals surface area contributed by atoms with Crippen LogP contribution in [0.25, 0.3) is 0 Å². The number of amides is 1. The molecule has 0 radical (unpaired) electrons. The van der Waals surface area contributed by atoms with Crippen molar-refractivity contribution in [1.82, 2.24) is 20.0 Å². The molecule has 0 unspecified atom stereocenters. The largest absolute Gasteiger partial charge is 0.423 e. The molecular weight excluding hydrogens is 308 g/mol. The van der Waals surface area contributed by atoms with Gasteiger partial charge in [-0.1, -0.05) is 20.8 Å². The zero-order valence-electron chi connectivity index (χ0n) is 15.0. The van der Waals surface area contributed by atoms with Gasteiger partial charge in [-0.2, -0.15) is 0 Å². The van der Waals surface area contributed by atoms with Crippen molar-refractivity contribution in [3.63, 3.8) is 0 Å². The Bertz CT molecular complexity index is 560. The zero-order valence-corrected chi connectivity index (χ0v) is 15.0. The van der Waals surface area contributed by atoms with E-state index in [4.69, 9.17) is 9.15 Å². The molecular formula is C17H28N4O3. The Balaban J connectivity index is 1.57. The van der Waals surface area contributed by atoms with E-state index >= 15 is 0 Å². The number of hydrogen-bond acceptors (Lipinski definition) is 6. The second-order valence-corrected chi connectivity index (χ2v) is 7.76. The Hall–Kier alpha value is -1.47. The second-order valence-electron chi connectivity index (χ2n) is 7.76. The fraction of sp³-hybridized carbons (Fsp3) is 0.824. The first-order chi connectivity index (χ1) is 11.4. The molecule has 2 aliphatic heterocycles. The first kappa shape index (κ1) is 17.4. The zero-order chi connectivity index (χ0) is 17.2. The lowest BCUT2D eigenvalue weighted by Crippen LogP contribution is -2.48. The van der Waals surface area contributed by atoms with Gasteiger partial charge in [-0.25, -0.2) is 0 Å². The normalized spacial score (nSPS) is 23.5. The van der Waals surface area contributed by atoms with Crippen LogP contribution in [-0.2, 0) is 21.5 Å². The molecule has 3 heterocycles. The molecule has 1 aromatic heterocycles. The van der Waals surface area contributed by atoms with Crippen molar-refractivity contribution in [3.05, 3.63) is 11.8 Å². The first-order valence-electron chi connectivity index (χ1n) is 8.85. The highest BCUT2D eigenvalue weighted by Gasteiger charge is 2.31. The SMILES string of the molecule is CC(C)(C)c1nnc(CN2CCC[C@@H](C(=O)N3CCOCC3)C2)o1. The molecule has 0 bridgehead atoms. The molecule has 1 amide bonds. The molecule has 1 atom stereocenters. The van der Waals surface area contributed by atoms with E-state index < -0.39 is 0 Å². The number of piperidine rings is 1. The summed E-state index contributed by atoms with van der Waals surface area (Å²) in [4.78, 5) is 16.9. The van der Waals surface area contributed by atoms with Gasteiger partial charge >= 0.3 is 0 Å². The quantitative estimate of drug-likeness (QED) is 0.832. The van der Waals surface area contributed by atoms with Crippen LogP contribution in [-0.4, -0.2) is 65.3 Å². The number of likely N-dealkylation sites (tertiary alicyclic amines) is 1. The number of ether oxygens (including phenoxy) is 1. The van der Waals surface area contributed by atoms with Crippen molar-refractivity contribution in [2.24, 2.45) is 5.92 Å². The fourth-order valence-corrected chi connectivity index (χ4v) is 3.25. The summed E-state index contributed by atoms with van der Waals surface area (Å²) >= 11 is 0. The third-order valence-corrected chi connectivity index (χ3v) is 4.64. The third-order valence-electron chi connectivity index (χ3n) is 4.64. The maximum atomic E-state index is 12.7. The highest BCUT2D eigenvalue weighted by atomic mass is 16.5. The highest BCUT2D eigenvalue weighted by molar-refractivity contribution is 5.79. The first-order valence-corrected chi connectivity index (χ1v) is 8.85. The van der Waals surface area contributed by atoms with E-state index in [0.29, 0.717) is 44.6 Å². The molecule has 134 valence electrons. The number of aromatic nitrogens is 2. The van der Waals surface area contributed by atoms with E-state index in [9.17, 15) is 4.79 Å². The number of morpholine rings is 1. The van der Waals surface area contributed by atoms with Gasteiger partial charge in [0.1, 0.15) is 0 Å². The van der Waals surface area contributed by atoms with Gasteiger partial charge in [0.2, 0.25) is 17.7 Å². The average Bonchev–Trinajstić information content (AvgIpc) is 3.04. The lowest BCUT2D eigenvalue weighted by molar-refractivity contribution is -0.141.